The number of benzene rings is 1. The zero-order chi connectivity index (χ0) is 18.0. The maximum absolute atomic E-state index is 12.6. The van der Waals surface area contributed by atoms with Gasteiger partial charge in [-0.2, -0.15) is 13.2 Å². The first kappa shape index (κ1) is 18.0. The molecule has 0 bridgehead atoms. The average Bonchev–Trinajstić information content (AvgIpc) is 2.61. The Hall–Kier alpha value is -1.84. The van der Waals surface area contributed by atoms with E-state index >= 15 is 0 Å². The van der Waals surface area contributed by atoms with E-state index in [1.54, 1.807) is 11.0 Å². The van der Waals surface area contributed by atoms with Gasteiger partial charge in [0.25, 0.3) is 5.91 Å². The molecule has 0 atom stereocenters. The monoisotopic (exact) mass is 461 g/mol. The van der Waals surface area contributed by atoms with Gasteiger partial charge in [0.15, 0.2) is 0 Å². The topological polar surface area (TPSA) is 36.4 Å². The van der Waals surface area contributed by atoms with E-state index in [9.17, 15) is 18.0 Å². The Labute approximate surface area is 156 Å². The van der Waals surface area contributed by atoms with Crippen molar-refractivity contribution in [2.75, 3.05) is 31.1 Å². The van der Waals surface area contributed by atoms with E-state index in [2.05, 4.69) is 27.6 Å². The molecule has 3 rings (SSSR count). The molecule has 0 unspecified atom stereocenters. The minimum absolute atomic E-state index is 0.0291. The number of alkyl halides is 3. The van der Waals surface area contributed by atoms with Gasteiger partial charge in [-0.3, -0.25) is 4.79 Å². The number of anilines is 1. The Bertz CT molecular complexity index is 756. The van der Waals surface area contributed by atoms with Crippen LogP contribution in [0.15, 0.2) is 42.6 Å². The molecule has 0 spiro atoms. The number of carbonyl (C=O) groups is 1. The molecule has 0 aliphatic carbocycles. The molecule has 8 heteroatoms. The molecule has 1 aromatic heterocycles. The first-order chi connectivity index (χ1) is 11.8. The number of nitrogens with zero attached hydrogens (tertiary/aromatic N) is 3. The number of amides is 1. The highest BCUT2D eigenvalue weighted by molar-refractivity contribution is 14.1. The van der Waals surface area contributed by atoms with Crippen LogP contribution >= 0.6 is 22.6 Å². The lowest BCUT2D eigenvalue weighted by molar-refractivity contribution is -0.137. The van der Waals surface area contributed by atoms with Gasteiger partial charge in [-0.15, -0.1) is 0 Å². The van der Waals surface area contributed by atoms with Gasteiger partial charge in [0.2, 0.25) is 0 Å². The SMILES string of the molecule is O=C(c1cccc(I)c1)N1CCN(c2ccc(C(F)(F)F)cn2)CC1. The average molecular weight is 461 g/mol. The van der Waals surface area contributed by atoms with Crippen LogP contribution in [-0.4, -0.2) is 42.0 Å². The molecule has 2 aromatic rings. The Morgan fingerprint density at radius 1 is 1.08 bits per heavy atom. The van der Waals surface area contributed by atoms with Crippen LogP contribution in [0.3, 0.4) is 0 Å². The van der Waals surface area contributed by atoms with E-state index in [1.165, 1.54) is 6.07 Å². The number of carbonyl (C=O) groups excluding carboxylic acids is 1. The molecule has 25 heavy (non-hydrogen) atoms. The van der Waals surface area contributed by atoms with E-state index in [0.29, 0.717) is 37.6 Å². The number of hydrogen-bond donors (Lipinski definition) is 0. The predicted molar refractivity (Wildman–Crippen MR) is 96.5 cm³/mol. The second-order valence-corrected chi connectivity index (χ2v) is 6.94. The molecule has 1 aliphatic heterocycles. The van der Waals surface area contributed by atoms with Crippen LogP contribution < -0.4 is 4.90 Å². The molecule has 1 fully saturated rings. The number of rotatable bonds is 2. The van der Waals surface area contributed by atoms with Gasteiger partial charge in [-0.1, -0.05) is 6.07 Å². The second-order valence-electron chi connectivity index (χ2n) is 5.69. The second kappa shape index (κ2) is 7.19. The molecule has 4 nitrogen and oxygen atoms in total. The zero-order valence-electron chi connectivity index (χ0n) is 13.1. The Kier molecular flexibility index (Phi) is 5.16. The van der Waals surface area contributed by atoms with Crippen molar-refractivity contribution >= 4 is 34.3 Å². The van der Waals surface area contributed by atoms with E-state index in [0.717, 1.165) is 15.8 Å². The quantitative estimate of drug-likeness (QED) is 0.641. The highest BCUT2D eigenvalue weighted by Crippen LogP contribution is 2.29. The molecular weight excluding hydrogens is 446 g/mol. The van der Waals surface area contributed by atoms with Crippen molar-refractivity contribution < 1.29 is 18.0 Å². The fourth-order valence-corrected chi connectivity index (χ4v) is 3.23. The lowest BCUT2D eigenvalue weighted by Gasteiger charge is -2.35. The van der Waals surface area contributed by atoms with Crippen molar-refractivity contribution in [2.45, 2.75) is 6.18 Å². The van der Waals surface area contributed by atoms with Crippen molar-refractivity contribution in [3.63, 3.8) is 0 Å². The van der Waals surface area contributed by atoms with Gasteiger partial charge < -0.3 is 9.80 Å². The molecule has 2 heterocycles. The standard InChI is InChI=1S/C17H15F3IN3O/c18-17(19,20)13-4-5-15(22-11-13)23-6-8-24(9-7-23)16(25)12-2-1-3-14(21)10-12/h1-5,10-11H,6-9H2. The van der Waals surface area contributed by atoms with Crippen molar-refractivity contribution in [1.29, 1.82) is 0 Å². The number of halogens is 4. The molecule has 1 aromatic carbocycles. The summed E-state index contributed by atoms with van der Waals surface area (Å²) in [6.07, 6.45) is -3.54. The summed E-state index contributed by atoms with van der Waals surface area (Å²) >= 11 is 2.16. The van der Waals surface area contributed by atoms with Gasteiger partial charge >= 0.3 is 6.18 Å². The van der Waals surface area contributed by atoms with Crippen LogP contribution in [0.25, 0.3) is 0 Å². The van der Waals surface area contributed by atoms with Crippen LogP contribution in [-0.2, 0) is 6.18 Å². The molecule has 1 amide bonds. The van der Waals surface area contributed by atoms with E-state index in [-0.39, 0.29) is 5.91 Å². The third-order valence-corrected chi connectivity index (χ3v) is 4.71. The lowest BCUT2D eigenvalue weighted by atomic mass is 10.2. The Balaban J connectivity index is 1.63. The fraction of sp³-hybridized carbons (Fsp3) is 0.294. The summed E-state index contributed by atoms with van der Waals surface area (Å²) in [6.45, 7) is 2.09. The minimum Gasteiger partial charge on any atom is -0.353 e. The molecule has 0 N–H and O–H groups in total. The van der Waals surface area contributed by atoms with Gasteiger partial charge in [-0.25, -0.2) is 4.98 Å². The van der Waals surface area contributed by atoms with Crippen LogP contribution in [0.5, 0.6) is 0 Å². The third-order valence-electron chi connectivity index (χ3n) is 4.04. The van der Waals surface area contributed by atoms with Crippen LogP contribution in [0, 0.1) is 3.57 Å². The molecule has 1 saturated heterocycles. The summed E-state index contributed by atoms with van der Waals surface area (Å²) in [5.74, 6) is 0.466. The summed E-state index contributed by atoms with van der Waals surface area (Å²) < 4.78 is 38.8. The fourth-order valence-electron chi connectivity index (χ4n) is 2.68. The van der Waals surface area contributed by atoms with Gasteiger partial charge in [0.1, 0.15) is 5.82 Å². The first-order valence-electron chi connectivity index (χ1n) is 7.67. The Morgan fingerprint density at radius 2 is 1.80 bits per heavy atom. The van der Waals surface area contributed by atoms with Crippen LogP contribution in [0.2, 0.25) is 0 Å². The number of hydrogen-bond acceptors (Lipinski definition) is 3. The summed E-state index contributed by atoms with van der Waals surface area (Å²) in [6, 6.07) is 9.80. The maximum atomic E-state index is 12.6. The number of pyridine rings is 1. The van der Waals surface area contributed by atoms with Crippen molar-refractivity contribution in [3.05, 3.63) is 57.3 Å². The smallest absolute Gasteiger partial charge is 0.353 e. The van der Waals surface area contributed by atoms with Crippen LogP contribution in [0.4, 0.5) is 19.0 Å². The van der Waals surface area contributed by atoms with Crippen molar-refractivity contribution in [3.8, 4) is 0 Å². The lowest BCUT2D eigenvalue weighted by Crippen LogP contribution is -2.49. The molecule has 0 radical (unpaired) electrons. The molecular formula is C17H15F3IN3O. The maximum Gasteiger partial charge on any atom is 0.417 e. The normalized spacial score (nSPS) is 15.4. The van der Waals surface area contributed by atoms with Crippen molar-refractivity contribution in [2.24, 2.45) is 0 Å². The molecule has 132 valence electrons. The third kappa shape index (κ3) is 4.23. The molecule has 1 aliphatic rings. The summed E-state index contributed by atoms with van der Waals surface area (Å²) in [5, 5.41) is 0. The molecule has 0 saturated carbocycles. The van der Waals surface area contributed by atoms with Crippen LogP contribution in [0.1, 0.15) is 15.9 Å². The highest BCUT2D eigenvalue weighted by atomic mass is 127. The van der Waals surface area contributed by atoms with Gasteiger partial charge in [0.05, 0.1) is 5.56 Å². The predicted octanol–water partition coefficient (Wildman–Crippen LogP) is 3.67. The summed E-state index contributed by atoms with van der Waals surface area (Å²) in [4.78, 5) is 20.1. The summed E-state index contributed by atoms with van der Waals surface area (Å²) in [5.41, 5.74) is -0.114. The largest absolute Gasteiger partial charge is 0.417 e. The van der Waals surface area contributed by atoms with Gasteiger partial charge in [-0.05, 0) is 52.9 Å². The van der Waals surface area contributed by atoms with Crippen molar-refractivity contribution in [1.82, 2.24) is 9.88 Å². The first-order valence-corrected chi connectivity index (χ1v) is 8.75. The summed E-state index contributed by atoms with van der Waals surface area (Å²) in [7, 11) is 0. The van der Waals surface area contributed by atoms with E-state index in [4.69, 9.17) is 0 Å². The van der Waals surface area contributed by atoms with E-state index in [1.807, 2.05) is 23.1 Å². The number of aromatic nitrogens is 1. The highest BCUT2D eigenvalue weighted by Gasteiger charge is 2.31. The Morgan fingerprint density at radius 3 is 2.36 bits per heavy atom. The number of piperazine rings is 1. The van der Waals surface area contributed by atoms with E-state index < -0.39 is 11.7 Å². The van der Waals surface area contributed by atoms with Gasteiger partial charge in [0, 0.05) is 41.5 Å². The zero-order valence-corrected chi connectivity index (χ0v) is 15.3. The minimum atomic E-state index is -4.39.